The lowest BCUT2D eigenvalue weighted by molar-refractivity contribution is 0.0596. The Hall–Kier alpha value is -1.89. The Kier molecular flexibility index (Phi) is 3.56. The molecule has 6 nitrogen and oxygen atoms in total. The summed E-state index contributed by atoms with van der Waals surface area (Å²) in [5, 5.41) is 2.69. The molecule has 0 saturated carbocycles. The maximum Gasteiger partial charge on any atom is 0.360 e. The average Bonchev–Trinajstić information content (AvgIpc) is 2.93. The van der Waals surface area contributed by atoms with Gasteiger partial charge in [0.25, 0.3) is 0 Å². The number of methoxy groups -OCH3 is 1. The van der Waals surface area contributed by atoms with E-state index in [2.05, 4.69) is 35.5 Å². The van der Waals surface area contributed by atoms with Crippen LogP contribution in [0.1, 0.15) is 42.8 Å². The molecule has 0 unspecified atom stereocenters. The number of aromatic nitrogens is 3. The summed E-state index contributed by atoms with van der Waals surface area (Å²) in [6, 6.07) is 0. The van der Waals surface area contributed by atoms with Crippen molar-refractivity contribution in [3.05, 3.63) is 22.6 Å². The standard InChI is InChI=1S/C13H18N4O2S/c1-7-15-9(11(18)19-5)10(14)17(7)12-16-8(6-20-12)13(2,3)4/h6H,14H2,1-5H3. The van der Waals surface area contributed by atoms with E-state index in [1.807, 2.05) is 5.38 Å². The van der Waals surface area contributed by atoms with Crippen LogP contribution in [-0.2, 0) is 10.2 Å². The zero-order chi connectivity index (χ0) is 15.1. The van der Waals surface area contributed by atoms with Crippen molar-refractivity contribution >= 4 is 23.1 Å². The molecule has 0 aliphatic heterocycles. The van der Waals surface area contributed by atoms with Gasteiger partial charge in [0.2, 0.25) is 0 Å². The molecule has 0 amide bonds. The van der Waals surface area contributed by atoms with E-state index in [1.165, 1.54) is 18.4 Å². The van der Waals surface area contributed by atoms with Crippen LogP contribution >= 0.6 is 11.3 Å². The van der Waals surface area contributed by atoms with E-state index < -0.39 is 5.97 Å². The minimum absolute atomic E-state index is 0.0385. The Labute approximate surface area is 121 Å². The molecule has 0 spiro atoms. The van der Waals surface area contributed by atoms with Crippen LogP contribution in [0.15, 0.2) is 5.38 Å². The first-order valence-electron chi connectivity index (χ1n) is 6.15. The fourth-order valence-electron chi connectivity index (χ4n) is 1.75. The molecule has 2 aromatic rings. The molecule has 2 aromatic heterocycles. The minimum Gasteiger partial charge on any atom is -0.464 e. The van der Waals surface area contributed by atoms with E-state index >= 15 is 0 Å². The first-order chi connectivity index (χ1) is 9.25. The van der Waals surface area contributed by atoms with Crippen LogP contribution in [0.2, 0.25) is 0 Å². The van der Waals surface area contributed by atoms with Crippen molar-refractivity contribution in [1.82, 2.24) is 14.5 Å². The van der Waals surface area contributed by atoms with Gasteiger partial charge in [0.05, 0.1) is 12.8 Å². The Bertz CT molecular complexity index is 652. The third-order valence-corrected chi connectivity index (χ3v) is 3.74. The molecule has 20 heavy (non-hydrogen) atoms. The molecule has 7 heteroatoms. The molecule has 0 aliphatic carbocycles. The number of thiazole rings is 1. The second-order valence-electron chi connectivity index (χ2n) is 5.49. The molecule has 2 N–H and O–H groups in total. The van der Waals surface area contributed by atoms with Crippen LogP contribution < -0.4 is 5.73 Å². The third-order valence-electron chi connectivity index (χ3n) is 2.91. The first kappa shape index (κ1) is 14.5. The van der Waals surface area contributed by atoms with Gasteiger partial charge in [-0.05, 0) is 6.92 Å². The average molecular weight is 294 g/mol. The number of hydrogen-bond donors (Lipinski definition) is 1. The van der Waals surface area contributed by atoms with E-state index in [-0.39, 0.29) is 16.9 Å². The van der Waals surface area contributed by atoms with Crippen LogP contribution in [0.25, 0.3) is 5.13 Å². The number of carbonyl (C=O) groups is 1. The molecule has 0 saturated heterocycles. The van der Waals surface area contributed by atoms with Crippen LogP contribution in [0.5, 0.6) is 0 Å². The van der Waals surface area contributed by atoms with E-state index in [1.54, 1.807) is 11.5 Å². The van der Waals surface area contributed by atoms with Gasteiger partial charge in [0.1, 0.15) is 11.6 Å². The largest absolute Gasteiger partial charge is 0.464 e. The number of ether oxygens (including phenoxy) is 1. The summed E-state index contributed by atoms with van der Waals surface area (Å²) < 4.78 is 6.34. The summed E-state index contributed by atoms with van der Waals surface area (Å²) in [5.74, 6) is 0.318. The predicted octanol–water partition coefficient (Wildman–Crippen LogP) is 2.30. The Morgan fingerprint density at radius 2 is 2.05 bits per heavy atom. The van der Waals surface area contributed by atoms with Crippen molar-refractivity contribution < 1.29 is 9.53 Å². The topological polar surface area (TPSA) is 83.0 Å². The summed E-state index contributed by atoms with van der Waals surface area (Å²) in [4.78, 5) is 20.3. The normalized spacial score (nSPS) is 11.7. The molecule has 2 rings (SSSR count). The second kappa shape index (κ2) is 4.90. The highest BCUT2D eigenvalue weighted by atomic mass is 32.1. The number of esters is 1. The molecular weight excluding hydrogens is 276 g/mol. The number of nitrogens with two attached hydrogens (primary N) is 1. The van der Waals surface area contributed by atoms with Gasteiger partial charge in [-0.1, -0.05) is 20.8 Å². The lowest BCUT2D eigenvalue weighted by Crippen LogP contribution is -2.12. The molecule has 108 valence electrons. The second-order valence-corrected chi connectivity index (χ2v) is 6.32. The van der Waals surface area contributed by atoms with Crippen molar-refractivity contribution in [2.24, 2.45) is 0 Å². The first-order valence-corrected chi connectivity index (χ1v) is 7.03. The minimum atomic E-state index is -0.544. The monoisotopic (exact) mass is 294 g/mol. The van der Waals surface area contributed by atoms with Crippen molar-refractivity contribution in [3.63, 3.8) is 0 Å². The van der Waals surface area contributed by atoms with E-state index in [4.69, 9.17) is 5.73 Å². The number of nitrogens with zero attached hydrogens (tertiary/aromatic N) is 3. The number of aryl methyl sites for hydroxylation is 1. The van der Waals surface area contributed by atoms with E-state index in [0.717, 1.165) is 5.69 Å². The lowest BCUT2D eigenvalue weighted by Gasteiger charge is -2.14. The summed E-state index contributed by atoms with van der Waals surface area (Å²) >= 11 is 1.47. The molecular formula is C13H18N4O2S. The Balaban J connectivity index is 2.51. The van der Waals surface area contributed by atoms with Gasteiger partial charge in [-0.15, -0.1) is 11.3 Å². The summed E-state index contributed by atoms with van der Waals surface area (Å²) in [6.07, 6.45) is 0. The predicted molar refractivity (Wildman–Crippen MR) is 78.4 cm³/mol. The van der Waals surface area contributed by atoms with Crippen molar-refractivity contribution in [3.8, 4) is 5.13 Å². The molecule has 0 aliphatic rings. The third kappa shape index (κ3) is 2.40. The van der Waals surface area contributed by atoms with Crippen LogP contribution in [-0.4, -0.2) is 27.6 Å². The van der Waals surface area contributed by atoms with Crippen molar-refractivity contribution in [1.29, 1.82) is 0 Å². The number of rotatable bonds is 2. The quantitative estimate of drug-likeness (QED) is 0.859. The molecule has 0 bridgehead atoms. The van der Waals surface area contributed by atoms with Crippen LogP contribution in [0.3, 0.4) is 0 Å². The Morgan fingerprint density at radius 1 is 1.40 bits per heavy atom. The van der Waals surface area contributed by atoms with E-state index in [0.29, 0.717) is 11.0 Å². The van der Waals surface area contributed by atoms with Gasteiger partial charge in [-0.2, -0.15) is 0 Å². The highest BCUT2D eigenvalue weighted by molar-refractivity contribution is 7.12. The number of nitrogen functional groups attached to an aromatic ring is 1. The highest BCUT2D eigenvalue weighted by Crippen LogP contribution is 2.28. The molecule has 0 atom stereocenters. The van der Waals surface area contributed by atoms with Crippen LogP contribution in [0.4, 0.5) is 5.82 Å². The highest BCUT2D eigenvalue weighted by Gasteiger charge is 2.23. The number of anilines is 1. The maximum atomic E-state index is 11.6. The number of carbonyl (C=O) groups excluding carboxylic acids is 1. The molecule has 2 heterocycles. The molecule has 0 aromatic carbocycles. The summed E-state index contributed by atoms with van der Waals surface area (Å²) in [6.45, 7) is 8.06. The van der Waals surface area contributed by atoms with E-state index in [9.17, 15) is 4.79 Å². The van der Waals surface area contributed by atoms with Gasteiger partial charge < -0.3 is 10.5 Å². The summed E-state index contributed by atoms with van der Waals surface area (Å²) in [5.41, 5.74) is 7.06. The fourth-order valence-corrected chi connectivity index (χ4v) is 2.86. The fraction of sp³-hybridized carbons (Fsp3) is 0.462. The van der Waals surface area contributed by atoms with Gasteiger partial charge in [-0.25, -0.2) is 14.8 Å². The zero-order valence-electron chi connectivity index (χ0n) is 12.2. The summed E-state index contributed by atoms with van der Waals surface area (Å²) in [7, 11) is 1.30. The molecule has 0 fully saturated rings. The van der Waals surface area contributed by atoms with Crippen molar-refractivity contribution in [2.75, 3.05) is 12.8 Å². The van der Waals surface area contributed by atoms with Gasteiger partial charge in [0, 0.05) is 10.8 Å². The van der Waals surface area contributed by atoms with Gasteiger partial charge in [0.15, 0.2) is 10.8 Å². The zero-order valence-corrected chi connectivity index (χ0v) is 13.0. The Morgan fingerprint density at radius 3 is 2.55 bits per heavy atom. The van der Waals surface area contributed by atoms with Crippen molar-refractivity contribution in [2.45, 2.75) is 33.1 Å². The molecule has 0 radical (unpaired) electrons. The number of hydrogen-bond acceptors (Lipinski definition) is 6. The number of imidazole rings is 1. The SMILES string of the molecule is COC(=O)c1nc(C)n(-c2nc(C(C)(C)C)cs2)c1N. The lowest BCUT2D eigenvalue weighted by atomic mass is 9.93. The van der Waals surface area contributed by atoms with Gasteiger partial charge >= 0.3 is 5.97 Å². The maximum absolute atomic E-state index is 11.6. The smallest absolute Gasteiger partial charge is 0.360 e. The van der Waals surface area contributed by atoms with Crippen LogP contribution in [0, 0.1) is 6.92 Å². The van der Waals surface area contributed by atoms with Gasteiger partial charge in [-0.3, -0.25) is 4.57 Å².